The predicted molar refractivity (Wildman–Crippen MR) is 80.4 cm³/mol. The summed E-state index contributed by atoms with van der Waals surface area (Å²) in [7, 11) is 1.65. The standard InChI is InChI=1S/C15H20BrNO3/c1-20-6-5-12(15(19)17-9-14(18)10-17)7-11-3-2-4-13(16)8-11/h2-4,8,12,14,18H,5-7,9-10H2,1H3. The monoisotopic (exact) mass is 341 g/mol. The van der Waals surface area contributed by atoms with Crippen LogP contribution >= 0.6 is 15.9 Å². The minimum absolute atomic E-state index is 0.0863. The van der Waals surface area contributed by atoms with Crippen LogP contribution in [0.4, 0.5) is 0 Å². The van der Waals surface area contributed by atoms with Crippen LogP contribution in [0.5, 0.6) is 0 Å². The molecule has 20 heavy (non-hydrogen) atoms. The number of nitrogens with zero attached hydrogens (tertiary/aromatic N) is 1. The third-order valence-corrected chi connectivity index (χ3v) is 4.06. The Bertz CT molecular complexity index is 460. The summed E-state index contributed by atoms with van der Waals surface area (Å²) in [6.07, 6.45) is 1.05. The molecule has 0 saturated carbocycles. The van der Waals surface area contributed by atoms with E-state index in [9.17, 15) is 9.90 Å². The molecule has 1 fully saturated rings. The zero-order chi connectivity index (χ0) is 14.5. The first kappa shape index (κ1) is 15.5. The summed E-state index contributed by atoms with van der Waals surface area (Å²) < 4.78 is 6.13. The molecule has 1 N–H and O–H groups in total. The molecule has 1 aliphatic heterocycles. The number of carbonyl (C=O) groups excluding carboxylic acids is 1. The van der Waals surface area contributed by atoms with Crippen molar-refractivity contribution in [2.24, 2.45) is 5.92 Å². The van der Waals surface area contributed by atoms with Crippen LogP contribution in [-0.4, -0.2) is 48.8 Å². The van der Waals surface area contributed by atoms with Crippen LogP contribution in [0.1, 0.15) is 12.0 Å². The van der Waals surface area contributed by atoms with Crippen molar-refractivity contribution in [3.05, 3.63) is 34.3 Å². The lowest BCUT2D eigenvalue weighted by Gasteiger charge is -2.38. The van der Waals surface area contributed by atoms with Crippen LogP contribution in [0.15, 0.2) is 28.7 Å². The third kappa shape index (κ3) is 4.04. The van der Waals surface area contributed by atoms with Crippen LogP contribution in [0.25, 0.3) is 0 Å². The number of carbonyl (C=O) groups is 1. The third-order valence-electron chi connectivity index (χ3n) is 3.56. The minimum atomic E-state index is -0.354. The van der Waals surface area contributed by atoms with Gasteiger partial charge in [-0.25, -0.2) is 0 Å². The van der Waals surface area contributed by atoms with E-state index in [1.807, 2.05) is 24.3 Å². The Hall–Kier alpha value is -0.910. The number of hydrogen-bond acceptors (Lipinski definition) is 3. The van der Waals surface area contributed by atoms with Crippen molar-refractivity contribution in [3.63, 3.8) is 0 Å². The van der Waals surface area contributed by atoms with Crippen LogP contribution < -0.4 is 0 Å². The zero-order valence-corrected chi connectivity index (χ0v) is 13.2. The molecule has 5 heteroatoms. The van der Waals surface area contributed by atoms with Crippen molar-refractivity contribution < 1.29 is 14.6 Å². The first-order valence-electron chi connectivity index (χ1n) is 6.80. The van der Waals surface area contributed by atoms with Gasteiger partial charge in [-0.15, -0.1) is 0 Å². The maximum Gasteiger partial charge on any atom is 0.226 e. The number of benzene rings is 1. The SMILES string of the molecule is COCCC(Cc1cccc(Br)c1)C(=O)N1CC(O)C1. The summed E-state index contributed by atoms with van der Waals surface area (Å²) in [5.41, 5.74) is 1.13. The molecule has 1 unspecified atom stereocenters. The number of hydrogen-bond donors (Lipinski definition) is 1. The zero-order valence-electron chi connectivity index (χ0n) is 11.6. The Morgan fingerprint density at radius 1 is 1.55 bits per heavy atom. The Labute approximate surface area is 127 Å². The number of β-amino-alcohol motifs (C(OH)–C–C–N with tert-alkyl or cyclic N) is 1. The summed E-state index contributed by atoms with van der Waals surface area (Å²) in [6, 6.07) is 8.02. The quantitative estimate of drug-likeness (QED) is 0.858. The Morgan fingerprint density at radius 2 is 2.30 bits per heavy atom. The number of methoxy groups -OCH3 is 1. The van der Waals surface area contributed by atoms with Crippen molar-refractivity contribution in [2.45, 2.75) is 18.9 Å². The van der Waals surface area contributed by atoms with E-state index in [4.69, 9.17) is 4.74 Å². The lowest BCUT2D eigenvalue weighted by molar-refractivity contribution is -0.146. The van der Waals surface area contributed by atoms with Gasteiger partial charge < -0.3 is 14.7 Å². The van der Waals surface area contributed by atoms with Gasteiger partial charge in [0.15, 0.2) is 0 Å². The summed E-state index contributed by atoms with van der Waals surface area (Å²) in [4.78, 5) is 14.1. The predicted octanol–water partition coefficient (Wildman–Crippen LogP) is 1.85. The van der Waals surface area contributed by atoms with E-state index in [-0.39, 0.29) is 17.9 Å². The van der Waals surface area contributed by atoms with Crippen molar-refractivity contribution in [1.82, 2.24) is 4.90 Å². The second-order valence-electron chi connectivity index (χ2n) is 5.21. The number of aliphatic hydroxyl groups is 1. The molecule has 2 rings (SSSR count). The summed E-state index contributed by atoms with van der Waals surface area (Å²) in [6.45, 7) is 1.49. The smallest absolute Gasteiger partial charge is 0.226 e. The highest BCUT2D eigenvalue weighted by atomic mass is 79.9. The van der Waals surface area contributed by atoms with Gasteiger partial charge in [0.05, 0.1) is 6.10 Å². The number of ether oxygens (including phenoxy) is 1. The van der Waals surface area contributed by atoms with E-state index < -0.39 is 0 Å². The molecule has 1 atom stereocenters. The Balaban J connectivity index is 2.01. The topological polar surface area (TPSA) is 49.8 Å². The van der Waals surface area contributed by atoms with Gasteiger partial charge in [0.2, 0.25) is 5.91 Å². The van der Waals surface area contributed by atoms with E-state index >= 15 is 0 Å². The van der Waals surface area contributed by atoms with Gasteiger partial charge in [-0.05, 0) is 30.5 Å². The number of halogens is 1. The molecular formula is C15H20BrNO3. The fourth-order valence-corrected chi connectivity index (χ4v) is 2.86. The number of amides is 1. The second kappa shape index (κ2) is 7.20. The number of aliphatic hydroxyl groups excluding tert-OH is 1. The largest absolute Gasteiger partial charge is 0.389 e. The fraction of sp³-hybridized carbons (Fsp3) is 0.533. The van der Waals surface area contributed by atoms with E-state index in [0.717, 1.165) is 10.0 Å². The molecule has 1 heterocycles. The highest BCUT2D eigenvalue weighted by molar-refractivity contribution is 9.10. The average molecular weight is 342 g/mol. The molecule has 1 aromatic rings. The van der Waals surface area contributed by atoms with Crippen molar-refractivity contribution in [3.8, 4) is 0 Å². The van der Waals surface area contributed by atoms with E-state index in [0.29, 0.717) is 32.5 Å². The van der Waals surface area contributed by atoms with Crippen LogP contribution in [0.2, 0.25) is 0 Å². The molecule has 0 aromatic heterocycles. The van der Waals surface area contributed by atoms with Crippen LogP contribution in [0, 0.1) is 5.92 Å². The fourth-order valence-electron chi connectivity index (χ4n) is 2.41. The minimum Gasteiger partial charge on any atom is -0.389 e. The highest BCUT2D eigenvalue weighted by Crippen LogP contribution is 2.21. The van der Waals surface area contributed by atoms with Gasteiger partial charge in [0.25, 0.3) is 0 Å². The van der Waals surface area contributed by atoms with E-state index in [1.54, 1.807) is 12.0 Å². The summed E-state index contributed by atoms with van der Waals surface area (Å²) in [5.74, 6) is 0.0316. The average Bonchev–Trinajstić information content (AvgIpc) is 2.39. The molecular weight excluding hydrogens is 322 g/mol. The van der Waals surface area contributed by atoms with E-state index in [1.165, 1.54) is 0 Å². The van der Waals surface area contributed by atoms with Crippen molar-refractivity contribution >= 4 is 21.8 Å². The molecule has 1 amide bonds. The van der Waals surface area contributed by atoms with E-state index in [2.05, 4.69) is 15.9 Å². The molecule has 110 valence electrons. The number of rotatable bonds is 6. The highest BCUT2D eigenvalue weighted by Gasteiger charge is 2.33. The van der Waals surface area contributed by atoms with Gasteiger partial charge in [-0.2, -0.15) is 0 Å². The van der Waals surface area contributed by atoms with Gasteiger partial charge in [-0.1, -0.05) is 28.1 Å². The number of likely N-dealkylation sites (tertiary alicyclic amines) is 1. The maximum absolute atomic E-state index is 12.4. The first-order chi connectivity index (χ1) is 9.60. The van der Waals surface area contributed by atoms with Crippen LogP contribution in [-0.2, 0) is 16.0 Å². The summed E-state index contributed by atoms with van der Waals surface area (Å²) >= 11 is 3.45. The lowest BCUT2D eigenvalue weighted by Crippen LogP contribution is -2.55. The second-order valence-corrected chi connectivity index (χ2v) is 6.13. The molecule has 0 spiro atoms. The molecule has 0 radical (unpaired) electrons. The maximum atomic E-state index is 12.4. The van der Waals surface area contributed by atoms with Crippen molar-refractivity contribution in [1.29, 1.82) is 0 Å². The Morgan fingerprint density at radius 3 is 2.90 bits per heavy atom. The van der Waals surface area contributed by atoms with Gasteiger partial charge >= 0.3 is 0 Å². The van der Waals surface area contributed by atoms with Gasteiger partial charge in [0.1, 0.15) is 0 Å². The Kier molecular flexibility index (Phi) is 5.57. The molecule has 1 aliphatic rings. The van der Waals surface area contributed by atoms with Gasteiger partial charge in [-0.3, -0.25) is 4.79 Å². The van der Waals surface area contributed by atoms with Gasteiger partial charge in [0, 0.05) is 37.2 Å². The molecule has 0 bridgehead atoms. The summed E-state index contributed by atoms with van der Waals surface area (Å²) in [5, 5.41) is 9.33. The molecule has 4 nitrogen and oxygen atoms in total. The lowest BCUT2D eigenvalue weighted by atomic mass is 9.93. The van der Waals surface area contributed by atoms with Crippen LogP contribution in [0.3, 0.4) is 0 Å². The molecule has 1 saturated heterocycles. The molecule has 0 aliphatic carbocycles. The van der Waals surface area contributed by atoms with Crippen molar-refractivity contribution in [2.75, 3.05) is 26.8 Å². The first-order valence-corrected chi connectivity index (χ1v) is 7.59. The normalized spacial score (nSPS) is 16.9. The molecule has 1 aromatic carbocycles.